The van der Waals surface area contributed by atoms with Crippen molar-refractivity contribution in [1.29, 1.82) is 0 Å². The highest BCUT2D eigenvalue weighted by Gasteiger charge is 2.55. The van der Waals surface area contributed by atoms with E-state index >= 15 is 0 Å². The lowest BCUT2D eigenvalue weighted by Crippen LogP contribution is -2.49. The number of carbonyl (C=O) groups is 1. The molecule has 0 bridgehead atoms. The number of nitrogens with zero attached hydrogens (tertiary/aromatic N) is 1. The van der Waals surface area contributed by atoms with Crippen molar-refractivity contribution in [3.8, 4) is 0 Å². The normalized spacial score (nSPS) is 21.1. The fourth-order valence-electron chi connectivity index (χ4n) is 3.24. The van der Waals surface area contributed by atoms with E-state index in [2.05, 4.69) is 0 Å². The topological polar surface area (TPSA) is 46.3 Å². The average molecular weight is 314 g/mol. The second-order valence-electron chi connectivity index (χ2n) is 6.28. The molecule has 0 saturated carbocycles. The molecular weight excluding hydrogens is 293 g/mol. The molecule has 122 valence electrons. The summed E-state index contributed by atoms with van der Waals surface area (Å²) in [6.07, 6.45) is -3.70. The van der Waals surface area contributed by atoms with Gasteiger partial charge in [-0.2, -0.15) is 13.2 Å². The Hall–Kier alpha value is -1.72. The first-order chi connectivity index (χ1) is 10.1. The molecule has 1 fully saturated rings. The molecule has 0 aliphatic carbocycles. The van der Waals surface area contributed by atoms with Crippen molar-refractivity contribution in [2.24, 2.45) is 5.92 Å². The summed E-state index contributed by atoms with van der Waals surface area (Å²) < 4.78 is 39.1. The van der Waals surface area contributed by atoms with Crippen molar-refractivity contribution in [3.63, 3.8) is 0 Å². The molecule has 1 saturated heterocycles. The van der Waals surface area contributed by atoms with E-state index in [4.69, 9.17) is 5.73 Å². The van der Waals surface area contributed by atoms with Crippen molar-refractivity contribution in [3.05, 3.63) is 29.8 Å². The number of hydrogen-bond donors (Lipinski definition) is 1. The number of benzene rings is 1. The van der Waals surface area contributed by atoms with Gasteiger partial charge in [0.25, 0.3) is 0 Å². The lowest BCUT2D eigenvalue weighted by molar-refractivity contribution is -0.192. The highest BCUT2D eigenvalue weighted by Crippen LogP contribution is 2.44. The van der Waals surface area contributed by atoms with Crippen LogP contribution in [0.4, 0.5) is 18.9 Å². The van der Waals surface area contributed by atoms with Crippen LogP contribution in [0.1, 0.15) is 32.3 Å². The zero-order valence-corrected chi connectivity index (χ0v) is 12.8. The van der Waals surface area contributed by atoms with E-state index in [1.54, 1.807) is 12.1 Å². The number of alkyl halides is 3. The highest BCUT2D eigenvalue weighted by atomic mass is 19.4. The lowest BCUT2D eigenvalue weighted by Gasteiger charge is -2.36. The number of nitrogens with two attached hydrogens (primary N) is 1. The number of aryl methyl sites for hydroxylation is 1. The Morgan fingerprint density at radius 1 is 1.36 bits per heavy atom. The van der Waals surface area contributed by atoms with E-state index in [1.807, 2.05) is 12.1 Å². The van der Waals surface area contributed by atoms with Gasteiger partial charge in [0.2, 0.25) is 5.91 Å². The van der Waals surface area contributed by atoms with Crippen LogP contribution in [0, 0.1) is 5.92 Å². The number of amides is 1. The van der Waals surface area contributed by atoms with Gasteiger partial charge in [-0.3, -0.25) is 4.79 Å². The zero-order valence-electron chi connectivity index (χ0n) is 12.8. The van der Waals surface area contributed by atoms with Gasteiger partial charge in [0.1, 0.15) is 0 Å². The number of halogens is 3. The SMILES string of the molecule is CC1(C)C(C(F)(F)F)CCN1C(=O)CCc1ccccc1N. The van der Waals surface area contributed by atoms with Gasteiger partial charge in [-0.1, -0.05) is 18.2 Å². The van der Waals surface area contributed by atoms with Crippen LogP contribution >= 0.6 is 0 Å². The maximum absolute atomic E-state index is 13.0. The number of anilines is 1. The van der Waals surface area contributed by atoms with Gasteiger partial charge in [0, 0.05) is 24.2 Å². The molecule has 22 heavy (non-hydrogen) atoms. The van der Waals surface area contributed by atoms with Gasteiger partial charge < -0.3 is 10.6 Å². The molecule has 2 N–H and O–H groups in total. The second-order valence-corrected chi connectivity index (χ2v) is 6.28. The van der Waals surface area contributed by atoms with E-state index in [1.165, 1.54) is 18.7 Å². The summed E-state index contributed by atoms with van der Waals surface area (Å²) in [5.74, 6) is -1.72. The summed E-state index contributed by atoms with van der Waals surface area (Å²) in [6, 6.07) is 7.21. The number of nitrogen functional groups attached to an aromatic ring is 1. The molecule has 0 aromatic heterocycles. The molecule has 2 rings (SSSR count). The Morgan fingerprint density at radius 3 is 2.55 bits per heavy atom. The van der Waals surface area contributed by atoms with Crippen LogP contribution in [0.5, 0.6) is 0 Å². The number of rotatable bonds is 3. The lowest BCUT2D eigenvalue weighted by atomic mass is 9.87. The fraction of sp³-hybridized carbons (Fsp3) is 0.562. The molecule has 1 unspecified atom stereocenters. The van der Waals surface area contributed by atoms with Gasteiger partial charge in [-0.05, 0) is 38.3 Å². The maximum atomic E-state index is 13.0. The van der Waals surface area contributed by atoms with Crippen molar-refractivity contribution < 1.29 is 18.0 Å². The smallest absolute Gasteiger partial charge is 0.394 e. The summed E-state index contributed by atoms with van der Waals surface area (Å²) in [6.45, 7) is 3.14. The molecule has 3 nitrogen and oxygen atoms in total. The summed E-state index contributed by atoms with van der Waals surface area (Å²) >= 11 is 0. The quantitative estimate of drug-likeness (QED) is 0.869. The molecule has 1 aliphatic heterocycles. The Bertz CT molecular complexity index is 555. The highest BCUT2D eigenvalue weighted by molar-refractivity contribution is 5.78. The third-order valence-electron chi connectivity index (χ3n) is 4.55. The first-order valence-corrected chi connectivity index (χ1v) is 7.34. The minimum Gasteiger partial charge on any atom is -0.399 e. The van der Waals surface area contributed by atoms with Gasteiger partial charge >= 0.3 is 6.18 Å². The van der Waals surface area contributed by atoms with Gasteiger partial charge in [0.15, 0.2) is 0 Å². The second kappa shape index (κ2) is 5.82. The largest absolute Gasteiger partial charge is 0.399 e. The van der Waals surface area contributed by atoms with Crippen molar-refractivity contribution in [2.75, 3.05) is 12.3 Å². The summed E-state index contributed by atoms with van der Waals surface area (Å²) in [5, 5.41) is 0. The van der Waals surface area contributed by atoms with Crippen molar-refractivity contribution in [1.82, 2.24) is 4.90 Å². The average Bonchev–Trinajstić information content (AvgIpc) is 2.72. The van der Waals surface area contributed by atoms with Gasteiger partial charge in [0.05, 0.1) is 5.92 Å². The Kier molecular flexibility index (Phi) is 4.40. The number of hydrogen-bond acceptors (Lipinski definition) is 2. The summed E-state index contributed by atoms with van der Waals surface area (Å²) in [7, 11) is 0. The molecule has 1 amide bonds. The Balaban J connectivity index is 2.03. The monoisotopic (exact) mass is 314 g/mol. The minimum atomic E-state index is -4.28. The number of carbonyl (C=O) groups excluding carboxylic acids is 1. The molecule has 1 aromatic carbocycles. The van der Waals surface area contributed by atoms with Gasteiger partial charge in [-0.15, -0.1) is 0 Å². The Labute approximate surface area is 128 Å². The van der Waals surface area contributed by atoms with Crippen LogP contribution < -0.4 is 5.73 Å². The van der Waals surface area contributed by atoms with Crippen LogP contribution in [0.25, 0.3) is 0 Å². The molecular formula is C16H21F3N2O. The number of likely N-dealkylation sites (tertiary alicyclic amines) is 1. The van der Waals surface area contributed by atoms with E-state index in [9.17, 15) is 18.0 Å². The van der Waals surface area contributed by atoms with Crippen LogP contribution in [0.2, 0.25) is 0 Å². The molecule has 1 aliphatic rings. The predicted molar refractivity (Wildman–Crippen MR) is 79.1 cm³/mol. The van der Waals surface area contributed by atoms with Crippen LogP contribution in [0.3, 0.4) is 0 Å². The third-order valence-corrected chi connectivity index (χ3v) is 4.55. The minimum absolute atomic E-state index is 0.0320. The molecule has 6 heteroatoms. The first kappa shape index (κ1) is 16.6. The standard InChI is InChI=1S/C16H21F3N2O/c1-15(2)13(16(17,18)19)9-10-21(15)14(22)8-7-11-5-3-4-6-12(11)20/h3-6,13H,7-10,20H2,1-2H3. The van der Waals surface area contributed by atoms with E-state index in [0.29, 0.717) is 12.1 Å². The van der Waals surface area contributed by atoms with Crippen LogP contribution in [-0.4, -0.2) is 29.1 Å². The predicted octanol–water partition coefficient (Wildman–Crippen LogP) is 3.39. The Morgan fingerprint density at radius 2 is 2.00 bits per heavy atom. The number of para-hydroxylation sites is 1. The van der Waals surface area contributed by atoms with E-state index < -0.39 is 17.6 Å². The third kappa shape index (κ3) is 3.20. The molecule has 1 aromatic rings. The van der Waals surface area contributed by atoms with E-state index in [0.717, 1.165) is 5.56 Å². The van der Waals surface area contributed by atoms with Crippen LogP contribution in [-0.2, 0) is 11.2 Å². The van der Waals surface area contributed by atoms with Crippen molar-refractivity contribution >= 4 is 11.6 Å². The summed E-state index contributed by atoms with van der Waals surface area (Å²) in [5.41, 5.74) is 6.07. The van der Waals surface area contributed by atoms with Gasteiger partial charge in [-0.25, -0.2) is 0 Å². The maximum Gasteiger partial charge on any atom is 0.394 e. The molecule has 1 heterocycles. The molecule has 0 radical (unpaired) electrons. The fourth-order valence-corrected chi connectivity index (χ4v) is 3.24. The van der Waals surface area contributed by atoms with Crippen LogP contribution in [0.15, 0.2) is 24.3 Å². The zero-order chi connectivity index (χ0) is 16.5. The molecule has 1 atom stereocenters. The van der Waals surface area contributed by atoms with Crippen molar-refractivity contribution in [2.45, 2.75) is 44.8 Å². The first-order valence-electron chi connectivity index (χ1n) is 7.34. The molecule has 0 spiro atoms. The summed E-state index contributed by atoms with van der Waals surface area (Å²) in [4.78, 5) is 13.7. The van der Waals surface area contributed by atoms with E-state index in [-0.39, 0.29) is 25.3 Å².